The van der Waals surface area contributed by atoms with Crippen molar-refractivity contribution in [3.63, 3.8) is 0 Å². The molecule has 0 radical (unpaired) electrons. The second-order valence-electron chi connectivity index (χ2n) is 6.22. The number of esters is 1. The SMILES string of the molecule is CC(=O)Oc1ccc(C2CC(=O)CC(=Nc3ccccc3N)C2)cc1. The summed E-state index contributed by atoms with van der Waals surface area (Å²) >= 11 is 0. The Hall–Kier alpha value is -2.95. The predicted octanol–water partition coefficient (Wildman–Crippen LogP) is 3.80. The third-order valence-electron chi connectivity index (χ3n) is 4.19. The van der Waals surface area contributed by atoms with Crippen molar-refractivity contribution in [2.75, 3.05) is 5.73 Å². The van der Waals surface area contributed by atoms with Gasteiger partial charge in [0.25, 0.3) is 0 Å². The lowest BCUT2D eigenvalue weighted by Crippen LogP contribution is -2.21. The molecule has 1 saturated carbocycles. The van der Waals surface area contributed by atoms with E-state index >= 15 is 0 Å². The summed E-state index contributed by atoms with van der Waals surface area (Å²) in [6.07, 6.45) is 1.58. The number of nitrogen functional groups attached to an aromatic ring is 1. The minimum atomic E-state index is -0.351. The molecule has 0 aliphatic heterocycles. The molecule has 25 heavy (non-hydrogen) atoms. The van der Waals surface area contributed by atoms with E-state index in [1.165, 1.54) is 6.92 Å². The highest BCUT2D eigenvalue weighted by Crippen LogP contribution is 2.32. The van der Waals surface area contributed by atoms with Gasteiger partial charge in [0, 0.05) is 25.5 Å². The second kappa shape index (κ2) is 7.30. The minimum Gasteiger partial charge on any atom is -0.427 e. The van der Waals surface area contributed by atoms with Crippen LogP contribution >= 0.6 is 0 Å². The molecular formula is C20H20N2O3. The van der Waals surface area contributed by atoms with Crippen LogP contribution in [0.5, 0.6) is 5.75 Å². The topological polar surface area (TPSA) is 81.8 Å². The summed E-state index contributed by atoms with van der Waals surface area (Å²) in [5.41, 5.74) is 9.14. The van der Waals surface area contributed by atoms with E-state index in [1.54, 1.807) is 18.2 Å². The van der Waals surface area contributed by atoms with E-state index in [0.717, 1.165) is 11.3 Å². The van der Waals surface area contributed by atoms with E-state index in [2.05, 4.69) is 4.99 Å². The van der Waals surface area contributed by atoms with Crippen LogP contribution in [-0.2, 0) is 9.59 Å². The molecule has 0 bridgehead atoms. The van der Waals surface area contributed by atoms with Gasteiger partial charge in [-0.15, -0.1) is 0 Å². The molecular weight excluding hydrogens is 316 g/mol. The molecule has 0 spiro atoms. The van der Waals surface area contributed by atoms with Crippen molar-refractivity contribution < 1.29 is 14.3 Å². The number of para-hydroxylation sites is 2. The van der Waals surface area contributed by atoms with Crippen molar-refractivity contribution in [3.05, 3.63) is 54.1 Å². The molecule has 2 aromatic carbocycles. The Morgan fingerprint density at radius 2 is 1.84 bits per heavy atom. The number of nitrogens with zero attached hydrogens (tertiary/aromatic N) is 1. The number of benzene rings is 2. The predicted molar refractivity (Wildman–Crippen MR) is 97.3 cm³/mol. The van der Waals surface area contributed by atoms with E-state index in [4.69, 9.17) is 10.5 Å². The Kier molecular flexibility index (Phi) is 4.93. The van der Waals surface area contributed by atoms with Crippen molar-refractivity contribution in [2.45, 2.75) is 32.1 Å². The third-order valence-corrected chi connectivity index (χ3v) is 4.19. The normalized spacial score (nSPS) is 19.0. The van der Waals surface area contributed by atoms with E-state index in [-0.39, 0.29) is 17.7 Å². The molecule has 1 atom stereocenters. The molecule has 0 heterocycles. The number of Topliss-reactive ketones (excluding diaryl/α,β-unsaturated/α-hetero) is 1. The smallest absolute Gasteiger partial charge is 0.308 e. The van der Waals surface area contributed by atoms with Gasteiger partial charge < -0.3 is 10.5 Å². The standard InChI is InChI=1S/C20H20N2O3/c1-13(23)25-18-8-6-14(7-9-18)15-10-16(12-17(24)11-15)22-20-5-3-2-4-19(20)21/h2-9,15H,10-12,21H2,1H3. The summed E-state index contributed by atoms with van der Waals surface area (Å²) in [4.78, 5) is 27.8. The van der Waals surface area contributed by atoms with Gasteiger partial charge in [0.15, 0.2) is 0 Å². The average Bonchev–Trinajstić information content (AvgIpc) is 2.57. The highest BCUT2D eigenvalue weighted by molar-refractivity contribution is 6.06. The highest BCUT2D eigenvalue weighted by atomic mass is 16.5. The first-order valence-corrected chi connectivity index (χ1v) is 8.22. The number of carbonyl (C=O) groups excluding carboxylic acids is 2. The van der Waals surface area contributed by atoms with Gasteiger partial charge in [-0.25, -0.2) is 0 Å². The van der Waals surface area contributed by atoms with E-state index in [0.29, 0.717) is 36.4 Å². The zero-order valence-electron chi connectivity index (χ0n) is 14.1. The zero-order chi connectivity index (χ0) is 17.8. The van der Waals surface area contributed by atoms with Crippen LogP contribution in [0.2, 0.25) is 0 Å². The maximum Gasteiger partial charge on any atom is 0.308 e. The third kappa shape index (κ3) is 4.32. The van der Waals surface area contributed by atoms with Crippen molar-refractivity contribution in [2.24, 2.45) is 4.99 Å². The Morgan fingerprint density at radius 3 is 2.52 bits per heavy atom. The lowest BCUT2D eigenvalue weighted by Gasteiger charge is -2.23. The van der Waals surface area contributed by atoms with Crippen LogP contribution in [0.3, 0.4) is 0 Å². The largest absolute Gasteiger partial charge is 0.427 e. The van der Waals surface area contributed by atoms with Gasteiger partial charge in [0.05, 0.1) is 11.4 Å². The van der Waals surface area contributed by atoms with Crippen LogP contribution in [0.15, 0.2) is 53.5 Å². The zero-order valence-corrected chi connectivity index (χ0v) is 14.1. The number of carbonyl (C=O) groups is 2. The Balaban J connectivity index is 1.80. The van der Waals surface area contributed by atoms with Gasteiger partial charge in [-0.05, 0) is 42.2 Å². The van der Waals surface area contributed by atoms with Crippen molar-refractivity contribution in [1.82, 2.24) is 0 Å². The number of anilines is 1. The second-order valence-corrected chi connectivity index (χ2v) is 6.22. The van der Waals surface area contributed by atoms with Gasteiger partial charge in [-0.1, -0.05) is 24.3 Å². The molecule has 1 aliphatic rings. The van der Waals surface area contributed by atoms with E-state index in [1.807, 2.05) is 30.3 Å². The molecule has 1 unspecified atom stereocenters. The summed E-state index contributed by atoms with van der Waals surface area (Å²) < 4.78 is 5.05. The number of ether oxygens (including phenoxy) is 1. The maximum atomic E-state index is 12.2. The first kappa shape index (κ1) is 16.9. The first-order valence-electron chi connectivity index (χ1n) is 8.22. The van der Waals surface area contributed by atoms with Gasteiger partial charge in [0.2, 0.25) is 0 Å². The maximum absolute atomic E-state index is 12.2. The summed E-state index contributed by atoms with van der Waals surface area (Å²) in [5.74, 6) is 0.407. The monoisotopic (exact) mass is 336 g/mol. The van der Waals surface area contributed by atoms with Crippen LogP contribution in [0.1, 0.15) is 37.7 Å². The lowest BCUT2D eigenvalue weighted by molar-refractivity contribution is -0.131. The molecule has 0 amide bonds. The van der Waals surface area contributed by atoms with Gasteiger partial charge in [-0.3, -0.25) is 14.6 Å². The average molecular weight is 336 g/mol. The van der Waals surface area contributed by atoms with Gasteiger partial charge in [-0.2, -0.15) is 0 Å². The van der Waals surface area contributed by atoms with E-state index < -0.39 is 0 Å². The molecule has 2 N–H and O–H groups in total. The molecule has 1 fully saturated rings. The Morgan fingerprint density at radius 1 is 1.12 bits per heavy atom. The molecule has 5 nitrogen and oxygen atoms in total. The molecule has 5 heteroatoms. The number of hydrogen-bond acceptors (Lipinski definition) is 5. The molecule has 0 saturated heterocycles. The molecule has 3 rings (SSSR count). The van der Waals surface area contributed by atoms with Crippen LogP contribution in [0.4, 0.5) is 11.4 Å². The van der Waals surface area contributed by atoms with Crippen molar-refractivity contribution in [3.8, 4) is 5.75 Å². The van der Waals surface area contributed by atoms with Crippen LogP contribution in [-0.4, -0.2) is 17.5 Å². The van der Waals surface area contributed by atoms with Gasteiger partial charge >= 0.3 is 5.97 Å². The molecule has 2 aromatic rings. The van der Waals surface area contributed by atoms with E-state index in [9.17, 15) is 9.59 Å². The molecule has 1 aliphatic carbocycles. The summed E-state index contributed by atoms with van der Waals surface area (Å²) in [7, 11) is 0. The summed E-state index contributed by atoms with van der Waals surface area (Å²) in [6, 6.07) is 14.7. The van der Waals surface area contributed by atoms with Crippen LogP contribution < -0.4 is 10.5 Å². The molecule has 128 valence electrons. The van der Waals surface area contributed by atoms with Crippen LogP contribution in [0.25, 0.3) is 0 Å². The highest BCUT2D eigenvalue weighted by Gasteiger charge is 2.25. The quantitative estimate of drug-likeness (QED) is 0.525. The number of rotatable bonds is 3. The summed E-state index contributed by atoms with van der Waals surface area (Å²) in [5, 5.41) is 0. The fraction of sp³-hybridized carbons (Fsp3) is 0.250. The fourth-order valence-electron chi connectivity index (χ4n) is 3.06. The number of aliphatic imine (C=N–C) groups is 1. The van der Waals surface area contributed by atoms with Crippen LogP contribution in [0, 0.1) is 0 Å². The number of hydrogen-bond donors (Lipinski definition) is 1. The first-order chi connectivity index (χ1) is 12.0. The van der Waals surface area contributed by atoms with Crippen molar-refractivity contribution >= 4 is 28.8 Å². The Labute approximate surface area is 146 Å². The fourth-order valence-corrected chi connectivity index (χ4v) is 3.06. The lowest BCUT2D eigenvalue weighted by atomic mass is 9.82. The minimum absolute atomic E-state index is 0.0799. The number of nitrogens with two attached hydrogens (primary N) is 1. The number of ketones is 1. The molecule has 0 aromatic heterocycles. The summed E-state index contributed by atoms with van der Waals surface area (Å²) in [6.45, 7) is 1.37. The van der Waals surface area contributed by atoms with Crippen molar-refractivity contribution in [1.29, 1.82) is 0 Å². The van der Waals surface area contributed by atoms with Gasteiger partial charge in [0.1, 0.15) is 11.5 Å². The Bertz CT molecular complexity index is 825.